The second-order valence-electron chi connectivity index (χ2n) is 6.37. The quantitative estimate of drug-likeness (QED) is 0.831. The van der Waals surface area contributed by atoms with E-state index in [9.17, 15) is 0 Å². The average Bonchev–Trinajstić information content (AvgIpc) is 2.58. The standard InChI is InChI=1S/C20H26N2/c1-18(20-10-6-3-7-11-20)16-21-12-14-22(15-13-21)17-19-8-4-2-5-9-19/h2-11,18H,12-17H2,1H3/t18-/m1/s1. The molecule has 2 heteroatoms. The fourth-order valence-corrected chi connectivity index (χ4v) is 3.25. The van der Waals surface area contributed by atoms with Gasteiger partial charge in [0.05, 0.1) is 0 Å². The first-order valence-corrected chi connectivity index (χ1v) is 8.35. The summed E-state index contributed by atoms with van der Waals surface area (Å²) >= 11 is 0. The summed E-state index contributed by atoms with van der Waals surface area (Å²) in [5.41, 5.74) is 2.88. The van der Waals surface area contributed by atoms with Gasteiger partial charge in [-0.3, -0.25) is 4.90 Å². The van der Waals surface area contributed by atoms with Crippen molar-refractivity contribution in [2.45, 2.75) is 19.4 Å². The highest BCUT2D eigenvalue weighted by molar-refractivity contribution is 5.19. The van der Waals surface area contributed by atoms with E-state index in [1.807, 2.05) is 0 Å². The third-order valence-electron chi connectivity index (χ3n) is 4.61. The summed E-state index contributed by atoms with van der Waals surface area (Å²) in [5.74, 6) is 0.613. The van der Waals surface area contributed by atoms with Crippen LogP contribution in [0.15, 0.2) is 60.7 Å². The first kappa shape index (κ1) is 15.3. The topological polar surface area (TPSA) is 6.48 Å². The molecule has 1 aliphatic heterocycles. The van der Waals surface area contributed by atoms with Crippen molar-refractivity contribution in [3.05, 3.63) is 71.8 Å². The zero-order chi connectivity index (χ0) is 15.2. The first-order chi connectivity index (χ1) is 10.8. The molecule has 0 bridgehead atoms. The van der Waals surface area contributed by atoms with Gasteiger partial charge in [0.2, 0.25) is 0 Å². The zero-order valence-electron chi connectivity index (χ0n) is 13.5. The van der Waals surface area contributed by atoms with Gasteiger partial charge >= 0.3 is 0 Å². The molecular formula is C20H26N2. The summed E-state index contributed by atoms with van der Waals surface area (Å²) in [6.45, 7) is 9.32. The second kappa shape index (κ2) is 7.57. The van der Waals surface area contributed by atoms with Crippen LogP contribution in [0.1, 0.15) is 24.0 Å². The van der Waals surface area contributed by atoms with Gasteiger partial charge in [0.25, 0.3) is 0 Å². The second-order valence-corrected chi connectivity index (χ2v) is 6.37. The van der Waals surface area contributed by atoms with Gasteiger partial charge in [-0.05, 0) is 17.0 Å². The molecule has 1 fully saturated rings. The maximum atomic E-state index is 2.61. The van der Waals surface area contributed by atoms with Crippen LogP contribution in [0.3, 0.4) is 0 Å². The summed E-state index contributed by atoms with van der Waals surface area (Å²) in [6.07, 6.45) is 0. The minimum atomic E-state index is 0.613. The van der Waals surface area contributed by atoms with Crippen LogP contribution in [-0.4, -0.2) is 42.5 Å². The van der Waals surface area contributed by atoms with Gasteiger partial charge < -0.3 is 4.90 Å². The summed E-state index contributed by atoms with van der Waals surface area (Å²) in [4.78, 5) is 5.18. The van der Waals surface area contributed by atoms with Crippen molar-refractivity contribution in [3.8, 4) is 0 Å². The molecule has 1 atom stereocenters. The lowest BCUT2D eigenvalue weighted by atomic mass is 10.0. The van der Waals surface area contributed by atoms with Crippen molar-refractivity contribution in [2.24, 2.45) is 0 Å². The van der Waals surface area contributed by atoms with E-state index in [0.717, 1.165) is 6.54 Å². The Bertz CT molecular complexity index is 544. The molecule has 0 amide bonds. The maximum Gasteiger partial charge on any atom is 0.0234 e. The number of rotatable bonds is 5. The molecule has 0 N–H and O–H groups in total. The van der Waals surface area contributed by atoms with Gasteiger partial charge in [-0.25, -0.2) is 0 Å². The Labute approximate surface area is 134 Å². The Hall–Kier alpha value is -1.64. The van der Waals surface area contributed by atoms with Crippen LogP contribution in [0.2, 0.25) is 0 Å². The SMILES string of the molecule is C[C@H](CN1CCN(Cc2ccccc2)CC1)c1ccccc1. The third-order valence-corrected chi connectivity index (χ3v) is 4.61. The van der Waals surface area contributed by atoms with Gasteiger partial charge in [0.15, 0.2) is 0 Å². The molecule has 1 saturated heterocycles. The predicted molar refractivity (Wildman–Crippen MR) is 93.0 cm³/mol. The fourth-order valence-electron chi connectivity index (χ4n) is 3.25. The molecule has 116 valence electrons. The van der Waals surface area contributed by atoms with Crippen molar-refractivity contribution in [2.75, 3.05) is 32.7 Å². The van der Waals surface area contributed by atoms with Crippen LogP contribution in [0.25, 0.3) is 0 Å². The summed E-state index contributed by atoms with van der Waals surface area (Å²) in [5, 5.41) is 0. The molecule has 0 aromatic heterocycles. The lowest BCUT2D eigenvalue weighted by molar-refractivity contribution is 0.123. The van der Waals surface area contributed by atoms with Gasteiger partial charge in [0, 0.05) is 39.3 Å². The van der Waals surface area contributed by atoms with Gasteiger partial charge in [-0.2, -0.15) is 0 Å². The van der Waals surface area contributed by atoms with E-state index < -0.39 is 0 Å². The summed E-state index contributed by atoms with van der Waals surface area (Å²) < 4.78 is 0. The van der Waals surface area contributed by atoms with Crippen LogP contribution in [0, 0.1) is 0 Å². The maximum absolute atomic E-state index is 2.61. The van der Waals surface area contributed by atoms with Crippen molar-refractivity contribution in [1.82, 2.24) is 9.80 Å². The number of nitrogens with zero attached hydrogens (tertiary/aromatic N) is 2. The van der Waals surface area contributed by atoms with E-state index in [1.54, 1.807) is 0 Å². The van der Waals surface area contributed by atoms with E-state index in [1.165, 1.54) is 43.9 Å². The predicted octanol–water partition coefficient (Wildman–Crippen LogP) is 3.61. The minimum Gasteiger partial charge on any atom is -0.300 e. The van der Waals surface area contributed by atoms with Crippen LogP contribution in [-0.2, 0) is 6.54 Å². The molecule has 0 radical (unpaired) electrons. The molecule has 2 nitrogen and oxygen atoms in total. The number of benzene rings is 2. The average molecular weight is 294 g/mol. The summed E-state index contributed by atoms with van der Waals surface area (Å²) in [6, 6.07) is 21.7. The first-order valence-electron chi connectivity index (χ1n) is 8.35. The largest absolute Gasteiger partial charge is 0.300 e. The molecule has 0 spiro atoms. The van der Waals surface area contributed by atoms with E-state index in [0.29, 0.717) is 5.92 Å². The lowest BCUT2D eigenvalue weighted by Gasteiger charge is -2.36. The molecular weight excluding hydrogens is 268 g/mol. The number of hydrogen-bond donors (Lipinski definition) is 0. The molecule has 2 aromatic rings. The van der Waals surface area contributed by atoms with Gasteiger partial charge in [0.1, 0.15) is 0 Å². The molecule has 22 heavy (non-hydrogen) atoms. The number of hydrogen-bond acceptors (Lipinski definition) is 2. The van der Waals surface area contributed by atoms with Gasteiger partial charge in [-0.1, -0.05) is 67.6 Å². The monoisotopic (exact) mass is 294 g/mol. The van der Waals surface area contributed by atoms with E-state index >= 15 is 0 Å². The Balaban J connectivity index is 1.46. The number of piperazine rings is 1. The van der Waals surface area contributed by atoms with Crippen LogP contribution in [0.4, 0.5) is 0 Å². The molecule has 1 aliphatic rings. The summed E-state index contributed by atoms with van der Waals surface area (Å²) in [7, 11) is 0. The normalized spacial score (nSPS) is 18.2. The molecule has 0 unspecified atom stereocenters. The highest BCUT2D eigenvalue weighted by Crippen LogP contribution is 2.17. The smallest absolute Gasteiger partial charge is 0.0234 e. The highest BCUT2D eigenvalue weighted by Gasteiger charge is 2.19. The van der Waals surface area contributed by atoms with Crippen molar-refractivity contribution in [3.63, 3.8) is 0 Å². The van der Waals surface area contributed by atoms with E-state index in [-0.39, 0.29) is 0 Å². The third kappa shape index (κ3) is 4.19. The lowest BCUT2D eigenvalue weighted by Crippen LogP contribution is -2.46. The zero-order valence-corrected chi connectivity index (χ0v) is 13.5. The molecule has 0 aliphatic carbocycles. The molecule has 0 saturated carbocycles. The van der Waals surface area contributed by atoms with E-state index in [4.69, 9.17) is 0 Å². The minimum absolute atomic E-state index is 0.613. The van der Waals surface area contributed by atoms with Crippen molar-refractivity contribution >= 4 is 0 Å². The molecule has 1 heterocycles. The Kier molecular flexibility index (Phi) is 5.25. The molecule has 3 rings (SSSR count). The van der Waals surface area contributed by atoms with Crippen molar-refractivity contribution < 1.29 is 0 Å². The van der Waals surface area contributed by atoms with E-state index in [2.05, 4.69) is 77.4 Å². The van der Waals surface area contributed by atoms with Crippen molar-refractivity contribution in [1.29, 1.82) is 0 Å². The van der Waals surface area contributed by atoms with Gasteiger partial charge in [-0.15, -0.1) is 0 Å². The Morgan fingerprint density at radius 3 is 1.95 bits per heavy atom. The van der Waals surface area contributed by atoms with Crippen LogP contribution < -0.4 is 0 Å². The fraction of sp³-hybridized carbons (Fsp3) is 0.400. The Morgan fingerprint density at radius 2 is 1.32 bits per heavy atom. The van der Waals surface area contributed by atoms with Crippen LogP contribution in [0.5, 0.6) is 0 Å². The molecule has 2 aromatic carbocycles. The van der Waals surface area contributed by atoms with Crippen LogP contribution >= 0.6 is 0 Å². The Morgan fingerprint density at radius 1 is 0.773 bits per heavy atom. The highest BCUT2D eigenvalue weighted by atomic mass is 15.3.